The Morgan fingerprint density at radius 2 is 1.94 bits per heavy atom. The second-order valence-electron chi connectivity index (χ2n) is 7.89. The Labute approximate surface area is 188 Å². The number of anilines is 1. The smallest absolute Gasteiger partial charge is 0.269 e. The highest BCUT2D eigenvalue weighted by Crippen LogP contribution is 2.28. The van der Waals surface area contributed by atoms with Gasteiger partial charge in [0, 0.05) is 0 Å². The Hall–Kier alpha value is -4.14. The minimum atomic E-state index is -0.592. The fraction of sp³-hybridized carbons (Fsp3) is 0.208. The fourth-order valence-electron chi connectivity index (χ4n) is 4.04. The molecule has 0 aliphatic rings. The highest BCUT2D eigenvalue weighted by Gasteiger charge is 2.24. The molecule has 3 heterocycles. The quantitative estimate of drug-likeness (QED) is 0.418. The van der Waals surface area contributed by atoms with Gasteiger partial charge in [0.25, 0.3) is 5.56 Å². The van der Waals surface area contributed by atoms with Crippen LogP contribution in [0.15, 0.2) is 53.8 Å². The van der Waals surface area contributed by atoms with Gasteiger partial charge in [0.2, 0.25) is 0 Å². The molecule has 8 nitrogen and oxygen atoms in total. The summed E-state index contributed by atoms with van der Waals surface area (Å²) in [5.41, 5.74) is 3.66. The van der Waals surface area contributed by atoms with Crippen LogP contribution in [0, 0.1) is 19.7 Å². The molecule has 2 N–H and O–H groups in total. The second kappa shape index (κ2) is 8.09. The van der Waals surface area contributed by atoms with Gasteiger partial charge in [0.1, 0.15) is 28.9 Å². The molecule has 0 bridgehead atoms. The number of benzene rings is 2. The van der Waals surface area contributed by atoms with Gasteiger partial charge in [-0.2, -0.15) is 0 Å². The van der Waals surface area contributed by atoms with E-state index in [2.05, 4.69) is 25.3 Å². The third-order valence-corrected chi connectivity index (χ3v) is 5.94. The molecule has 33 heavy (non-hydrogen) atoms. The van der Waals surface area contributed by atoms with Gasteiger partial charge in [-0.05, 0) is 49.6 Å². The molecule has 1 atom stereocenters. The molecule has 9 heteroatoms. The first-order valence-electron chi connectivity index (χ1n) is 10.7. The summed E-state index contributed by atoms with van der Waals surface area (Å²) in [6.07, 6.45) is 3.58. The lowest BCUT2D eigenvalue weighted by Crippen LogP contribution is -2.29. The van der Waals surface area contributed by atoms with Crippen LogP contribution in [0.3, 0.4) is 0 Å². The number of halogens is 1. The van der Waals surface area contributed by atoms with Crippen molar-refractivity contribution in [2.45, 2.75) is 33.2 Å². The lowest BCUT2D eigenvalue weighted by atomic mass is 10.1. The number of H-pyrrole nitrogens is 1. The molecule has 0 aliphatic heterocycles. The molecule has 0 amide bonds. The van der Waals surface area contributed by atoms with Crippen molar-refractivity contribution in [1.82, 2.24) is 29.5 Å². The molecule has 5 rings (SSSR count). The van der Waals surface area contributed by atoms with Crippen molar-refractivity contribution in [3.05, 3.63) is 82.2 Å². The Balaban J connectivity index is 1.78. The van der Waals surface area contributed by atoms with Crippen LogP contribution in [-0.4, -0.2) is 29.5 Å². The zero-order valence-electron chi connectivity index (χ0n) is 18.4. The maximum absolute atomic E-state index is 14.7. The van der Waals surface area contributed by atoms with Crippen LogP contribution in [0.5, 0.6) is 0 Å². The predicted octanol–water partition coefficient (Wildman–Crippen LogP) is 4.37. The minimum Gasteiger partial charge on any atom is -0.358 e. The number of fused-ring (bicyclic) bond motifs is 2. The zero-order chi connectivity index (χ0) is 23.1. The molecule has 3 aromatic heterocycles. The summed E-state index contributed by atoms with van der Waals surface area (Å²) in [5.74, 6) is 0.399. The van der Waals surface area contributed by atoms with Crippen LogP contribution >= 0.6 is 0 Å². The largest absolute Gasteiger partial charge is 0.358 e. The monoisotopic (exact) mass is 443 g/mol. The number of aryl methyl sites for hydroxylation is 1. The highest BCUT2D eigenvalue weighted by atomic mass is 19.1. The molecule has 0 spiro atoms. The number of aromatic amines is 1. The van der Waals surface area contributed by atoms with Crippen molar-refractivity contribution >= 4 is 27.9 Å². The molecule has 0 fully saturated rings. The summed E-state index contributed by atoms with van der Waals surface area (Å²) in [7, 11) is 0. The van der Waals surface area contributed by atoms with Crippen LogP contribution < -0.4 is 10.9 Å². The zero-order valence-corrected chi connectivity index (χ0v) is 18.4. The van der Waals surface area contributed by atoms with Crippen molar-refractivity contribution < 1.29 is 4.39 Å². The first-order chi connectivity index (χ1) is 16.0. The summed E-state index contributed by atoms with van der Waals surface area (Å²) in [4.78, 5) is 34.3. The molecule has 0 saturated heterocycles. The van der Waals surface area contributed by atoms with Crippen LogP contribution in [0.1, 0.15) is 36.3 Å². The van der Waals surface area contributed by atoms with Crippen molar-refractivity contribution in [3.63, 3.8) is 0 Å². The van der Waals surface area contributed by atoms with E-state index in [1.165, 1.54) is 17.0 Å². The van der Waals surface area contributed by atoms with E-state index in [0.29, 0.717) is 40.4 Å². The standard InChI is InChI=1S/C24H22FN7O/c1-4-16(30-22-20-21(27-11-26-20)28-12-29-22)23-31-17-9-6-8-15(25)19(17)24(33)32(23)18-10-5-7-13(2)14(18)3/h5-12,16H,4H2,1-3H3,(H2,26,27,28,29,30)/t16-/m1/s1. The third-order valence-electron chi connectivity index (χ3n) is 5.94. The molecular formula is C24H22FN7O. The van der Waals surface area contributed by atoms with Gasteiger partial charge >= 0.3 is 0 Å². The van der Waals surface area contributed by atoms with Gasteiger partial charge in [-0.1, -0.05) is 25.1 Å². The molecule has 0 aliphatic carbocycles. The first-order valence-corrected chi connectivity index (χ1v) is 10.7. The fourth-order valence-corrected chi connectivity index (χ4v) is 4.04. The Kier molecular flexibility index (Phi) is 5.08. The van der Waals surface area contributed by atoms with E-state index in [-0.39, 0.29) is 5.39 Å². The van der Waals surface area contributed by atoms with Crippen molar-refractivity contribution in [1.29, 1.82) is 0 Å². The first kappa shape index (κ1) is 20.7. The van der Waals surface area contributed by atoms with Gasteiger partial charge in [0.05, 0.1) is 23.6 Å². The average Bonchev–Trinajstić information content (AvgIpc) is 3.29. The second-order valence-corrected chi connectivity index (χ2v) is 7.89. The van der Waals surface area contributed by atoms with Gasteiger partial charge < -0.3 is 10.3 Å². The normalized spacial score (nSPS) is 12.4. The van der Waals surface area contributed by atoms with Crippen molar-refractivity contribution in [3.8, 4) is 5.69 Å². The number of hydrogen-bond donors (Lipinski definition) is 2. The van der Waals surface area contributed by atoms with Gasteiger partial charge in [0.15, 0.2) is 11.5 Å². The SMILES string of the molecule is CC[C@@H](Nc1ncnc2[nH]cnc12)c1nc2cccc(F)c2c(=O)n1-c1cccc(C)c1C. The van der Waals surface area contributed by atoms with E-state index in [9.17, 15) is 9.18 Å². The van der Waals surface area contributed by atoms with E-state index < -0.39 is 17.4 Å². The highest BCUT2D eigenvalue weighted by molar-refractivity contribution is 5.82. The number of nitrogens with one attached hydrogen (secondary N) is 2. The third kappa shape index (κ3) is 3.42. The van der Waals surface area contributed by atoms with Crippen molar-refractivity contribution in [2.24, 2.45) is 0 Å². The van der Waals surface area contributed by atoms with E-state index in [0.717, 1.165) is 11.1 Å². The molecule has 5 aromatic rings. The number of imidazole rings is 1. The van der Waals surface area contributed by atoms with Gasteiger partial charge in [-0.25, -0.2) is 24.3 Å². The number of nitrogens with zero attached hydrogens (tertiary/aromatic N) is 5. The van der Waals surface area contributed by atoms with Crippen LogP contribution in [0.4, 0.5) is 10.2 Å². The van der Waals surface area contributed by atoms with Crippen molar-refractivity contribution in [2.75, 3.05) is 5.32 Å². The van der Waals surface area contributed by atoms with Crippen LogP contribution in [0.25, 0.3) is 27.8 Å². The van der Waals surface area contributed by atoms with E-state index >= 15 is 0 Å². The van der Waals surface area contributed by atoms with E-state index in [1.54, 1.807) is 18.5 Å². The minimum absolute atomic E-state index is 0.0336. The molecule has 0 saturated carbocycles. The van der Waals surface area contributed by atoms with Gasteiger partial charge in [-0.3, -0.25) is 9.36 Å². The van der Waals surface area contributed by atoms with E-state index in [1.807, 2.05) is 39.0 Å². The van der Waals surface area contributed by atoms with Gasteiger partial charge in [-0.15, -0.1) is 0 Å². The summed E-state index contributed by atoms with van der Waals surface area (Å²) in [6, 6.07) is 9.80. The molecule has 166 valence electrons. The lowest BCUT2D eigenvalue weighted by molar-refractivity contribution is 0.629. The number of aromatic nitrogens is 6. The summed E-state index contributed by atoms with van der Waals surface area (Å²) < 4.78 is 16.2. The number of rotatable bonds is 5. The molecule has 0 unspecified atom stereocenters. The molecular weight excluding hydrogens is 421 g/mol. The molecule has 0 radical (unpaired) electrons. The molecule has 2 aromatic carbocycles. The number of hydrogen-bond acceptors (Lipinski definition) is 6. The Morgan fingerprint density at radius 3 is 2.76 bits per heavy atom. The summed E-state index contributed by atoms with van der Waals surface area (Å²) in [5, 5.41) is 3.34. The summed E-state index contributed by atoms with van der Waals surface area (Å²) >= 11 is 0. The Bertz CT molecular complexity index is 1560. The van der Waals surface area contributed by atoms with Crippen LogP contribution in [-0.2, 0) is 0 Å². The predicted molar refractivity (Wildman–Crippen MR) is 125 cm³/mol. The maximum atomic E-state index is 14.7. The van der Waals surface area contributed by atoms with E-state index in [4.69, 9.17) is 4.98 Å². The average molecular weight is 443 g/mol. The topological polar surface area (TPSA) is 101 Å². The Morgan fingerprint density at radius 1 is 1.12 bits per heavy atom. The van der Waals surface area contributed by atoms with Crippen LogP contribution in [0.2, 0.25) is 0 Å². The lowest BCUT2D eigenvalue weighted by Gasteiger charge is -2.23. The summed E-state index contributed by atoms with van der Waals surface area (Å²) in [6.45, 7) is 5.90. The maximum Gasteiger partial charge on any atom is 0.269 e.